The van der Waals surface area contributed by atoms with E-state index < -0.39 is 15.9 Å². The highest BCUT2D eigenvalue weighted by atomic mass is 35.5. The number of esters is 1. The molecule has 148 valence electrons. The van der Waals surface area contributed by atoms with Gasteiger partial charge in [0.1, 0.15) is 5.60 Å². The van der Waals surface area contributed by atoms with Gasteiger partial charge in [-0.05, 0) is 37.5 Å². The summed E-state index contributed by atoms with van der Waals surface area (Å²) in [5.41, 5.74) is 1.73. The Hall–Kier alpha value is -2.58. The molecule has 0 bridgehead atoms. The first-order valence-electron chi connectivity index (χ1n) is 9.90. The summed E-state index contributed by atoms with van der Waals surface area (Å²) >= 11 is 7.32. The Labute approximate surface area is 177 Å². The van der Waals surface area contributed by atoms with Crippen LogP contribution in [0.3, 0.4) is 0 Å². The van der Waals surface area contributed by atoms with E-state index >= 15 is 0 Å². The van der Waals surface area contributed by atoms with E-state index in [9.17, 15) is 4.79 Å². The Balaban J connectivity index is 1.97. The Morgan fingerprint density at radius 3 is 1.62 bits per heavy atom. The molecule has 0 aromatic heterocycles. The Kier molecular flexibility index (Phi) is 4.78. The Morgan fingerprint density at radius 1 is 0.793 bits per heavy atom. The number of alkyl halides is 1. The van der Waals surface area contributed by atoms with Crippen LogP contribution in [0.5, 0.6) is 0 Å². The maximum absolute atomic E-state index is 13.5. The van der Waals surface area contributed by atoms with Crippen LogP contribution in [0.15, 0.2) is 91.0 Å². The molecule has 0 unspecified atom stereocenters. The first-order chi connectivity index (χ1) is 13.8. The lowest BCUT2D eigenvalue weighted by molar-refractivity contribution is -0.155. The highest BCUT2D eigenvalue weighted by Crippen LogP contribution is 2.75. The summed E-state index contributed by atoms with van der Waals surface area (Å²) in [5.74, 6) is -0.620. The van der Waals surface area contributed by atoms with Crippen molar-refractivity contribution in [3.05, 3.63) is 108 Å². The third-order valence-corrected chi connectivity index (χ3v) is 6.28. The van der Waals surface area contributed by atoms with Gasteiger partial charge >= 0.3 is 5.97 Å². The minimum absolute atomic E-state index is 0.238. The predicted octanol–water partition coefficient (Wildman–Crippen LogP) is 6.09. The average Bonchev–Trinajstić information content (AvgIpc) is 3.31. The summed E-state index contributed by atoms with van der Waals surface area (Å²) in [6.45, 7) is 5.62. The predicted molar refractivity (Wildman–Crippen MR) is 117 cm³/mol. The zero-order chi connectivity index (χ0) is 20.7. The normalized spacial score (nSPS) is 22.7. The number of carbonyl (C=O) groups excluding carboxylic acids is 1. The standard InChI is InChI=1S/C26H25ClO2/c1-24(2,3)29-23(28)26(27)22(19-13-7-4-8-14-19)25(26,20-15-9-5-10-16-20)21-17-11-6-12-18-21/h4-18,22H,1-3H3/t22-,26+/m0/s1. The molecule has 0 heterocycles. The van der Waals surface area contributed by atoms with Gasteiger partial charge in [-0.15, -0.1) is 11.6 Å². The second-order valence-electron chi connectivity index (χ2n) is 8.60. The summed E-state index contributed by atoms with van der Waals surface area (Å²) < 4.78 is 5.84. The Bertz CT molecular complexity index is 954. The zero-order valence-electron chi connectivity index (χ0n) is 16.9. The van der Waals surface area contributed by atoms with Crippen molar-refractivity contribution in [2.75, 3.05) is 0 Å². The van der Waals surface area contributed by atoms with Crippen molar-refractivity contribution in [1.82, 2.24) is 0 Å². The van der Waals surface area contributed by atoms with Crippen LogP contribution < -0.4 is 0 Å². The van der Waals surface area contributed by atoms with Crippen molar-refractivity contribution >= 4 is 17.6 Å². The summed E-state index contributed by atoms with van der Waals surface area (Å²) in [6, 6.07) is 30.2. The third-order valence-electron chi connectivity index (χ3n) is 5.61. The minimum atomic E-state index is -1.23. The molecular weight excluding hydrogens is 380 g/mol. The van der Waals surface area contributed by atoms with Crippen LogP contribution in [-0.2, 0) is 14.9 Å². The molecule has 3 aromatic carbocycles. The van der Waals surface area contributed by atoms with Crippen LogP contribution in [-0.4, -0.2) is 16.4 Å². The van der Waals surface area contributed by atoms with Gasteiger partial charge in [0, 0.05) is 5.92 Å². The molecule has 1 aliphatic rings. The summed E-state index contributed by atoms with van der Waals surface area (Å²) in [6.07, 6.45) is 0. The molecule has 0 N–H and O–H groups in total. The van der Waals surface area contributed by atoms with Crippen LogP contribution in [0.1, 0.15) is 43.4 Å². The fourth-order valence-corrected chi connectivity index (χ4v) is 5.12. The van der Waals surface area contributed by atoms with Crippen molar-refractivity contribution in [1.29, 1.82) is 0 Å². The number of benzene rings is 3. The molecule has 1 aliphatic carbocycles. The first kappa shape index (κ1) is 19.7. The molecule has 29 heavy (non-hydrogen) atoms. The molecule has 1 fully saturated rings. The highest BCUT2D eigenvalue weighted by Gasteiger charge is 2.82. The topological polar surface area (TPSA) is 26.3 Å². The molecule has 3 aromatic rings. The fourth-order valence-electron chi connectivity index (χ4n) is 4.52. The van der Waals surface area contributed by atoms with Crippen molar-refractivity contribution in [3.63, 3.8) is 0 Å². The van der Waals surface area contributed by atoms with Crippen molar-refractivity contribution < 1.29 is 9.53 Å². The molecular formula is C26H25ClO2. The van der Waals surface area contributed by atoms with E-state index in [2.05, 4.69) is 24.3 Å². The van der Waals surface area contributed by atoms with E-state index in [1.165, 1.54) is 0 Å². The monoisotopic (exact) mass is 404 g/mol. The number of halogens is 1. The highest BCUT2D eigenvalue weighted by molar-refractivity contribution is 6.40. The first-order valence-corrected chi connectivity index (χ1v) is 10.3. The molecule has 0 aliphatic heterocycles. The van der Waals surface area contributed by atoms with Crippen molar-refractivity contribution in [2.45, 2.75) is 42.6 Å². The van der Waals surface area contributed by atoms with Crippen molar-refractivity contribution in [3.8, 4) is 0 Å². The van der Waals surface area contributed by atoms with Gasteiger partial charge in [0.15, 0.2) is 4.87 Å². The van der Waals surface area contributed by atoms with Gasteiger partial charge in [-0.3, -0.25) is 4.79 Å². The van der Waals surface area contributed by atoms with Gasteiger partial charge in [0.05, 0.1) is 5.41 Å². The largest absolute Gasteiger partial charge is 0.459 e. The smallest absolute Gasteiger partial charge is 0.329 e. The molecule has 1 saturated carbocycles. The molecule has 0 amide bonds. The van der Waals surface area contributed by atoms with E-state index in [0.29, 0.717) is 0 Å². The minimum Gasteiger partial charge on any atom is -0.459 e. The third kappa shape index (κ3) is 3.07. The zero-order valence-corrected chi connectivity index (χ0v) is 17.7. The lowest BCUT2D eigenvalue weighted by Crippen LogP contribution is -2.35. The average molecular weight is 405 g/mol. The van der Waals surface area contributed by atoms with Crippen molar-refractivity contribution in [2.24, 2.45) is 0 Å². The van der Waals surface area contributed by atoms with E-state index in [-0.39, 0.29) is 11.9 Å². The van der Waals surface area contributed by atoms with Gasteiger partial charge in [-0.25, -0.2) is 0 Å². The molecule has 0 saturated heterocycles. The van der Waals surface area contributed by atoms with Gasteiger partial charge in [-0.2, -0.15) is 0 Å². The number of carbonyl (C=O) groups is 1. The van der Waals surface area contributed by atoms with E-state index in [1.807, 2.05) is 87.5 Å². The molecule has 0 radical (unpaired) electrons. The Morgan fingerprint density at radius 2 is 1.21 bits per heavy atom. The second kappa shape index (κ2) is 7.03. The number of rotatable bonds is 4. The number of hydrogen-bond donors (Lipinski definition) is 0. The molecule has 3 heteroatoms. The van der Waals surface area contributed by atoms with Crippen LogP contribution in [0, 0.1) is 0 Å². The fraction of sp³-hybridized carbons (Fsp3) is 0.269. The lowest BCUT2D eigenvalue weighted by atomic mass is 9.83. The van der Waals surface area contributed by atoms with Crippen LogP contribution >= 0.6 is 11.6 Å². The quantitative estimate of drug-likeness (QED) is 0.388. The second-order valence-corrected chi connectivity index (χ2v) is 9.19. The number of hydrogen-bond acceptors (Lipinski definition) is 2. The van der Waals surface area contributed by atoms with Crippen LogP contribution in [0.4, 0.5) is 0 Å². The SMILES string of the molecule is CC(C)(C)OC(=O)[C@]1(Cl)[C@@H](c2ccccc2)C1(c1ccccc1)c1ccccc1. The maximum atomic E-state index is 13.5. The summed E-state index contributed by atoms with van der Waals surface area (Å²) in [5, 5.41) is 0. The summed E-state index contributed by atoms with van der Waals surface area (Å²) in [4.78, 5) is 12.3. The van der Waals surface area contributed by atoms with E-state index in [0.717, 1.165) is 16.7 Å². The lowest BCUT2D eigenvalue weighted by Gasteiger charge is -2.25. The van der Waals surface area contributed by atoms with Gasteiger partial charge < -0.3 is 4.74 Å². The molecule has 4 rings (SSSR count). The van der Waals surface area contributed by atoms with E-state index in [4.69, 9.17) is 16.3 Å². The number of ether oxygens (including phenoxy) is 1. The summed E-state index contributed by atoms with van der Waals surface area (Å²) in [7, 11) is 0. The molecule has 2 nitrogen and oxygen atoms in total. The van der Waals surface area contributed by atoms with Gasteiger partial charge in [0.2, 0.25) is 0 Å². The maximum Gasteiger partial charge on any atom is 0.329 e. The van der Waals surface area contributed by atoms with E-state index in [1.54, 1.807) is 0 Å². The van der Waals surface area contributed by atoms with Gasteiger partial charge in [-0.1, -0.05) is 91.0 Å². The molecule has 0 spiro atoms. The van der Waals surface area contributed by atoms with Gasteiger partial charge in [0.25, 0.3) is 0 Å². The van der Waals surface area contributed by atoms with Crippen LogP contribution in [0.25, 0.3) is 0 Å². The molecule has 2 atom stereocenters. The van der Waals surface area contributed by atoms with Crippen LogP contribution in [0.2, 0.25) is 0 Å².